The molecule has 0 aliphatic heterocycles. The molecule has 0 radical (unpaired) electrons. The first-order valence-corrected chi connectivity index (χ1v) is 10.5. The fourth-order valence-corrected chi connectivity index (χ4v) is 3.32. The van der Waals surface area contributed by atoms with Crippen molar-refractivity contribution in [3.8, 4) is 5.69 Å². The quantitative estimate of drug-likeness (QED) is 0.590. The number of carbonyl (C=O) groups is 1. The van der Waals surface area contributed by atoms with Gasteiger partial charge in [0.1, 0.15) is 0 Å². The highest BCUT2D eigenvalue weighted by molar-refractivity contribution is 7.98. The van der Waals surface area contributed by atoms with Crippen LogP contribution in [0, 0.1) is 0 Å². The lowest BCUT2D eigenvalue weighted by Gasteiger charge is -2.08. The maximum atomic E-state index is 12.3. The lowest BCUT2D eigenvalue weighted by atomic mass is 10.1. The minimum atomic E-state index is -3.75. The molecule has 0 fully saturated rings. The van der Waals surface area contributed by atoms with Crippen molar-refractivity contribution in [3.63, 3.8) is 0 Å². The number of hydrogen-bond donors (Lipinski definition) is 2. The largest absolute Gasteiger partial charge is 0.326 e. The van der Waals surface area contributed by atoms with E-state index in [-0.39, 0.29) is 17.2 Å². The van der Waals surface area contributed by atoms with Crippen molar-refractivity contribution in [2.75, 3.05) is 11.6 Å². The van der Waals surface area contributed by atoms with Crippen LogP contribution in [0.4, 0.5) is 5.69 Å². The van der Waals surface area contributed by atoms with E-state index in [4.69, 9.17) is 5.14 Å². The van der Waals surface area contributed by atoms with Gasteiger partial charge in [-0.3, -0.25) is 4.79 Å². The Hall–Kier alpha value is -2.76. The lowest BCUT2D eigenvalue weighted by molar-refractivity contribution is -0.115. The summed E-state index contributed by atoms with van der Waals surface area (Å²) >= 11 is 1.41. The molecule has 1 heterocycles. The highest BCUT2D eigenvalue weighted by Gasteiger charge is 2.11. The van der Waals surface area contributed by atoms with Gasteiger partial charge in [-0.1, -0.05) is 30.0 Å². The van der Waals surface area contributed by atoms with Gasteiger partial charge in [0.15, 0.2) is 0 Å². The summed E-state index contributed by atoms with van der Waals surface area (Å²) < 4.78 is 24.1. The van der Waals surface area contributed by atoms with E-state index in [1.165, 1.54) is 23.9 Å². The van der Waals surface area contributed by atoms with Crippen molar-refractivity contribution in [2.24, 2.45) is 5.14 Å². The first-order valence-electron chi connectivity index (χ1n) is 7.71. The zero-order chi connectivity index (χ0) is 19.4. The van der Waals surface area contributed by atoms with E-state index in [2.05, 4.69) is 20.8 Å². The number of anilines is 1. The smallest absolute Gasteiger partial charge is 0.238 e. The Kier molecular flexibility index (Phi) is 5.54. The second kappa shape index (κ2) is 7.86. The van der Waals surface area contributed by atoms with Gasteiger partial charge in [-0.25, -0.2) is 13.6 Å². The molecule has 3 N–H and O–H groups in total. The molecular weight excluding hydrogens is 388 g/mol. The minimum Gasteiger partial charge on any atom is -0.326 e. The predicted molar refractivity (Wildman–Crippen MR) is 101 cm³/mol. The number of tetrazole rings is 1. The highest BCUT2D eigenvalue weighted by atomic mass is 32.2. The Morgan fingerprint density at radius 3 is 2.63 bits per heavy atom. The van der Waals surface area contributed by atoms with Crippen LogP contribution in [0.1, 0.15) is 5.56 Å². The number of nitrogens with two attached hydrogens (primary N) is 1. The van der Waals surface area contributed by atoms with Gasteiger partial charge in [0, 0.05) is 5.69 Å². The number of nitrogens with one attached hydrogen (secondary N) is 1. The Bertz CT molecular complexity index is 1060. The SMILES string of the molecule is CSc1nnnn1-c1cccc(NC(=O)Cc2ccc(S(N)(=O)=O)cc2)c1. The van der Waals surface area contributed by atoms with Gasteiger partial charge < -0.3 is 5.32 Å². The van der Waals surface area contributed by atoms with E-state index in [0.29, 0.717) is 16.4 Å². The highest BCUT2D eigenvalue weighted by Crippen LogP contribution is 2.19. The average Bonchev–Trinajstić information content (AvgIpc) is 3.10. The molecule has 1 amide bonds. The van der Waals surface area contributed by atoms with Gasteiger partial charge in [0.2, 0.25) is 21.1 Å². The summed E-state index contributed by atoms with van der Waals surface area (Å²) in [6.45, 7) is 0. The number of thioether (sulfide) groups is 1. The van der Waals surface area contributed by atoms with Crippen LogP contribution in [-0.4, -0.2) is 40.8 Å². The predicted octanol–water partition coefficient (Wildman–Crippen LogP) is 1.21. The number of rotatable bonds is 6. The molecule has 0 unspecified atom stereocenters. The van der Waals surface area contributed by atoms with Crippen LogP contribution in [0.15, 0.2) is 58.6 Å². The van der Waals surface area contributed by atoms with Crippen molar-refractivity contribution >= 4 is 33.4 Å². The van der Waals surface area contributed by atoms with Crippen LogP contribution in [0.3, 0.4) is 0 Å². The summed E-state index contributed by atoms with van der Waals surface area (Å²) in [4.78, 5) is 12.3. The van der Waals surface area contributed by atoms with Crippen LogP contribution in [0.2, 0.25) is 0 Å². The van der Waals surface area contributed by atoms with E-state index < -0.39 is 10.0 Å². The lowest BCUT2D eigenvalue weighted by Crippen LogP contribution is -2.15. The molecule has 0 saturated carbocycles. The summed E-state index contributed by atoms with van der Waals surface area (Å²) in [7, 11) is -3.75. The van der Waals surface area contributed by atoms with E-state index in [0.717, 1.165) is 5.69 Å². The van der Waals surface area contributed by atoms with Crippen molar-refractivity contribution < 1.29 is 13.2 Å². The molecule has 0 saturated heterocycles. The van der Waals surface area contributed by atoms with Crippen molar-refractivity contribution in [2.45, 2.75) is 16.5 Å². The van der Waals surface area contributed by atoms with Crippen molar-refractivity contribution in [1.29, 1.82) is 0 Å². The van der Waals surface area contributed by atoms with Crippen molar-refractivity contribution in [3.05, 3.63) is 54.1 Å². The molecule has 1 aromatic heterocycles. The van der Waals surface area contributed by atoms with Crippen molar-refractivity contribution in [1.82, 2.24) is 20.2 Å². The first kappa shape index (κ1) is 19.0. The van der Waals surface area contributed by atoms with Crippen LogP contribution in [-0.2, 0) is 21.2 Å². The molecule has 27 heavy (non-hydrogen) atoms. The van der Waals surface area contributed by atoms with Gasteiger partial charge in [-0.2, -0.15) is 4.68 Å². The molecule has 0 aliphatic carbocycles. The zero-order valence-electron chi connectivity index (χ0n) is 14.2. The van der Waals surface area contributed by atoms with Crippen LogP contribution in [0.5, 0.6) is 0 Å². The third-order valence-electron chi connectivity index (χ3n) is 3.61. The number of nitrogens with zero attached hydrogens (tertiary/aromatic N) is 4. The Morgan fingerprint density at radius 2 is 1.96 bits per heavy atom. The monoisotopic (exact) mass is 404 g/mol. The van der Waals surface area contributed by atoms with E-state index in [9.17, 15) is 13.2 Å². The summed E-state index contributed by atoms with van der Waals surface area (Å²) in [6, 6.07) is 13.0. The van der Waals surface area contributed by atoms with Gasteiger partial charge in [0.25, 0.3) is 0 Å². The second-order valence-electron chi connectivity index (χ2n) is 5.54. The maximum Gasteiger partial charge on any atom is 0.238 e. The van der Waals surface area contributed by atoms with Gasteiger partial charge >= 0.3 is 0 Å². The number of carbonyl (C=O) groups excluding carboxylic acids is 1. The van der Waals surface area contributed by atoms with Crippen LogP contribution in [0.25, 0.3) is 5.69 Å². The Morgan fingerprint density at radius 1 is 1.22 bits per heavy atom. The Labute approximate surface area is 160 Å². The molecule has 0 bridgehead atoms. The molecule has 0 aliphatic rings. The summed E-state index contributed by atoms with van der Waals surface area (Å²) in [5, 5.41) is 20.0. The molecular formula is C16H16N6O3S2. The van der Waals surface area contributed by atoms with E-state index >= 15 is 0 Å². The standard InChI is InChI=1S/C16H16N6O3S2/c1-26-16-19-20-21-22(16)13-4-2-3-12(10-13)18-15(23)9-11-5-7-14(8-6-11)27(17,24)25/h2-8,10H,9H2,1H3,(H,18,23)(H2,17,24,25). The maximum absolute atomic E-state index is 12.3. The topological polar surface area (TPSA) is 133 Å². The number of sulfonamides is 1. The van der Waals surface area contributed by atoms with E-state index in [1.54, 1.807) is 35.0 Å². The summed E-state index contributed by atoms with van der Waals surface area (Å²) in [5.74, 6) is -0.239. The number of hydrogen-bond acceptors (Lipinski definition) is 7. The summed E-state index contributed by atoms with van der Waals surface area (Å²) in [5.41, 5.74) is 1.99. The average molecular weight is 404 g/mol. The van der Waals surface area contributed by atoms with Crippen LogP contribution < -0.4 is 10.5 Å². The first-order chi connectivity index (χ1) is 12.9. The van der Waals surface area contributed by atoms with Gasteiger partial charge in [-0.05, 0) is 52.6 Å². The molecule has 3 aromatic rings. The minimum absolute atomic E-state index is 0.00500. The number of aromatic nitrogens is 4. The molecule has 3 rings (SSSR count). The van der Waals surface area contributed by atoms with E-state index in [1.807, 2.05) is 12.3 Å². The molecule has 0 atom stereocenters. The fraction of sp³-hybridized carbons (Fsp3) is 0.125. The zero-order valence-corrected chi connectivity index (χ0v) is 15.9. The summed E-state index contributed by atoms with van der Waals surface area (Å²) in [6.07, 6.45) is 1.96. The molecule has 11 heteroatoms. The van der Waals surface area contributed by atoms with Gasteiger partial charge in [0.05, 0.1) is 17.0 Å². The van der Waals surface area contributed by atoms with Crippen LogP contribution >= 0.6 is 11.8 Å². The normalized spacial score (nSPS) is 11.3. The molecule has 9 nitrogen and oxygen atoms in total. The molecule has 0 spiro atoms. The Balaban J connectivity index is 1.70. The molecule has 140 valence electrons. The third-order valence-corrected chi connectivity index (χ3v) is 5.16. The third kappa shape index (κ3) is 4.70. The number of primary sulfonamides is 1. The number of benzene rings is 2. The van der Waals surface area contributed by atoms with Gasteiger partial charge in [-0.15, -0.1) is 5.10 Å². The fourth-order valence-electron chi connectivity index (χ4n) is 2.37. The second-order valence-corrected chi connectivity index (χ2v) is 7.88. The molecule has 2 aromatic carbocycles. The number of amides is 1.